The van der Waals surface area contributed by atoms with Crippen LogP contribution in [0.5, 0.6) is 0 Å². The summed E-state index contributed by atoms with van der Waals surface area (Å²) in [4.78, 5) is 29.2. The summed E-state index contributed by atoms with van der Waals surface area (Å²) < 4.78 is 4.28. The van der Waals surface area contributed by atoms with E-state index in [1.54, 1.807) is 0 Å². The first-order valence-electron chi connectivity index (χ1n) is 8.66. The highest BCUT2D eigenvalue weighted by atomic mass is 79.9. The van der Waals surface area contributed by atoms with Crippen molar-refractivity contribution in [2.45, 2.75) is 11.8 Å². The number of hydrogen-bond donors (Lipinski definition) is 3. The third-order valence-electron chi connectivity index (χ3n) is 4.40. The van der Waals surface area contributed by atoms with Gasteiger partial charge in [0.15, 0.2) is 0 Å². The van der Waals surface area contributed by atoms with Gasteiger partial charge in [0.25, 0.3) is 0 Å². The molecule has 0 atom stereocenters. The van der Waals surface area contributed by atoms with Gasteiger partial charge >= 0.3 is 11.1 Å². The van der Waals surface area contributed by atoms with Gasteiger partial charge in [0.1, 0.15) is 0 Å². The average molecular weight is 489 g/mol. The van der Waals surface area contributed by atoms with Gasteiger partial charge < -0.3 is 14.7 Å². The van der Waals surface area contributed by atoms with Crippen molar-refractivity contribution in [2.24, 2.45) is 0 Å². The third kappa shape index (κ3) is 4.27. The Labute approximate surface area is 183 Å². The number of rotatable bonds is 4. The number of aryl methyl sites for hydroxylation is 1. The lowest BCUT2D eigenvalue weighted by atomic mass is 10.1. The minimum absolute atomic E-state index is 0.576. The largest absolute Gasteiger partial charge is 0.326 e. The van der Waals surface area contributed by atoms with E-state index in [9.17, 15) is 9.59 Å². The molecule has 4 rings (SSSR count). The van der Waals surface area contributed by atoms with Crippen LogP contribution < -0.4 is 15.8 Å². The molecule has 1 heterocycles. The van der Waals surface area contributed by atoms with Gasteiger partial charge in [-0.05, 0) is 66.4 Å². The van der Waals surface area contributed by atoms with E-state index in [0.29, 0.717) is 16.1 Å². The minimum atomic E-state index is -0.666. The standard InChI is InChI=1S/C21H15BrClN3O2S/c1-11-7-17-18(25-21(28)20(27)24-17)10-19(11)29-26-14-5-6-15(16(23)9-14)12-3-2-4-13(22)8-12/h2-10,26H,1H3,(H,24,27)(H,25,28). The van der Waals surface area contributed by atoms with E-state index in [4.69, 9.17) is 11.6 Å². The van der Waals surface area contributed by atoms with Crippen molar-refractivity contribution >= 4 is 56.2 Å². The van der Waals surface area contributed by atoms with Crippen LogP contribution in [0.3, 0.4) is 0 Å². The molecular formula is C21H15BrClN3O2S. The predicted octanol–water partition coefficient (Wildman–Crippen LogP) is 5.73. The number of hydrogen-bond acceptors (Lipinski definition) is 4. The molecule has 0 amide bonds. The summed E-state index contributed by atoms with van der Waals surface area (Å²) in [6, 6.07) is 17.4. The van der Waals surface area contributed by atoms with E-state index >= 15 is 0 Å². The van der Waals surface area contributed by atoms with Crippen LogP contribution in [0.2, 0.25) is 5.02 Å². The maximum atomic E-state index is 11.6. The Balaban J connectivity index is 1.58. The lowest BCUT2D eigenvalue weighted by Crippen LogP contribution is -2.28. The SMILES string of the molecule is Cc1cc2[nH]c(=O)c(=O)[nH]c2cc1SNc1ccc(-c2cccc(Br)c2)c(Cl)c1. The lowest BCUT2D eigenvalue weighted by Gasteiger charge is -2.11. The van der Waals surface area contributed by atoms with Gasteiger partial charge in [-0.1, -0.05) is 45.7 Å². The van der Waals surface area contributed by atoms with Gasteiger partial charge in [0.05, 0.1) is 16.1 Å². The van der Waals surface area contributed by atoms with Gasteiger partial charge in [0.2, 0.25) is 0 Å². The van der Waals surface area contributed by atoms with E-state index in [1.807, 2.05) is 61.5 Å². The first kappa shape index (κ1) is 19.8. The molecular weight excluding hydrogens is 474 g/mol. The van der Waals surface area contributed by atoms with Crippen LogP contribution >= 0.6 is 39.5 Å². The minimum Gasteiger partial charge on any atom is -0.326 e. The maximum absolute atomic E-state index is 11.6. The number of nitrogens with one attached hydrogen (secondary N) is 3. The summed E-state index contributed by atoms with van der Waals surface area (Å²) in [6.07, 6.45) is 0. The highest BCUT2D eigenvalue weighted by Crippen LogP contribution is 2.33. The molecule has 0 spiro atoms. The Morgan fingerprint density at radius 1 is 0.966 bits per heavy atom. The Bertz CT molecular complexity index is 1350. The van der Waals surface area contributed by atoms with Gasteiger partial charge in [-0.15, -0.1) is 0 Å². The molecule has 0 aliphatic rings. The van der Waals surface area contributed by atoms with Crippen molar-refractivity contribution in [1.82, 2.24) is 9.97 Å². The van der Waals surface area contributed by atoms with Crippen molar-refractivity contribution in [2.75, 3.05) is 4.72 Å². The Hall–Kier alpha value is -2.48. The summed E-state index contributed by atoms with van der Waals surface area (Å²) in [6.45, 7) is 1.94. The zero-order valence-electron chi connectivity index (χ0n) is 15.2. The molecule has 0 unspecified atom stereocenters. The van der Waals surface area contributed by atoms with Gasteiger partial charge in [0, 0.05) is 20.6 Å². The third-order valence-corrected chi connectivity index (χ3v) is 6.20. The van der Waals surface area contributed by atoms with Crippen LogP contribution in [0.4, 0.5) is 5.69 Å². The predicted molar refractivity (Wildman–Crippen MR) is 124 cm³/mol. The topological polar surface area (TPSA) is 77.8 Å². The molecule has 3 aromatic carbocycles. The van der Waals surface area contributed by atoms with Crippen LogP contribution in [0.15, 0.2) is 73.6 Å². The van der Waals surface area contributed by atoms with Crippen molar-refractivity contribution in [1.29, 1.82) is 0 Å². The molecule has 0 aliphatic carbocycles. The van der Waals surface area contributed by atoms with Crippen LogP contribution in [-0.4, -0.2) is 9.97 Å². The second-order valence-electron chi connectivity index (χ2n) is 6.48. The zero-order valence-corrected chi connectivity index (χ0v) is 18.3. The Morgan fingerprint density at radius 3 is 2.38 bits per heavy atom. The van der Waals surface area contributed by atoms with Gasteiger partial charge in [-0.2, -0.15) is 0 Å². The number of aromatic nitrogens is 2. The molecule has 29 heavy (non-hydrogen) atoms. The van der Waals surface area contributed by atoms with E-state index < -0.39 is 11.1 Å². The second kappa shape index (κ2) is 8.10. The first-order valence-corrected chi connectivity index (χ1v) is 10.6. The summed E-state index contributed by atoms with van der Waals surface area (Å²) in [7, 11) is 0. The second-order valence-corrected chi connectivity index (χ2v) is 8.65. The Morgan fingerprint density at radius 2 is 1.69 bits per heavy atom. The number of halogens is 2. The van der Waals surface area contributed by atoms with E-state index in [1.165, 1.54) is 11.9 Å². The molecule has 0 fully saturated rings. The molecule has 5 nitrogen and oxygen atoms in total. The smallest absolute Gasteiger partial charge is 0.314 e. The fraction of sp³-hybridized carbons (Fsp3) is 0.0476. The first-order chi connectivity index (χ1) is 13.9. The van der Waals surface area contributed by atoms with Crippen molar-refractivity contribution < 1.29 is 0 Å². The molecule has 0 bridgehead atoms. The summed E-state index contributed by atoms with van der Waals surface area (Å²) in [5, 5.41) is 0.644. The van der Waals surface area contributed by atoms with Gasteiger partial charge in [-0.3, -0.25) is 9.59 Å². The highest BCUT2D eigenvalue weighted by Gasteiger charge is 2.08. The number of anilines is 1. The molecule has 1 aromatic heterocycles. The fourth-order valence-corrected chi connectivity index (χ4v) is 4.39. The molecule has 0 saturated heterocycles. The summed E-state index contributed by atoms with van der Waals surface area (Å²) in [5.41, 5.74) is 3.66. The van der Waals surface area contributed by atoms with Crippen molar-refractivity contribution in [3.63, 3.8) is 0 Å². The number of aromatic amines is 2. The molecule has 0 radical (unpaired) electrons. The van der Waals surface area contributed by atoms with Crippen molar-refractivity contribution in [3.05, 3.63) is 90.4 Å². The monoisotopic (exact) mass is 487 g/mol. The van der Waals surface area contributed by atoms with E-state index in [0.717, 1.165) is 31.7 Å². The van der Waals surface area contributed by atoms with E-state index in [2.05, 4.69) is 30.6 Å². The van der Waals surface area contributed by atoms with Crippen molar-refractivity contribution in [3.8, 4) is 11.1 Å². The number of benzene rings is 3. The lowest BCUT2D eigenvalue weighted by molar-refractivity contribution is 1.13. The summed E-state index contributed by atoms with van der Waals surface area (Å²) in [5.74, 6) is 0. The van der Waals surface area contributed by atoms with Gasteiger partial charge in [-0.25, -0.2) is 0 Å². The number of H-pyrrole nitrogens is 2. The average Bonchev–Trinajstić information content (AvgIpc) is 2.68. The van der Waals surface area contributed by atoms with Crippen LogP contribution in [0.1, 0.15) is 5.56 Å². The molecule has 0 saturated carbocycles. The highest BCUT2D eigenvalue weighted by molar-refractivity contribution is 9.10. The summed E-state index contributed by atoms with van der Waals surface area (Å²) >= 11 is 11.4. The quantitative estimate of drug-likeness (QED) is 0.253. The van der Waals surface area contributed by atoms with Crippen LogP contribution in [-0.2, 0) is 0 Å². The molecule has 4 aromatic rings. The zero-order chi connectivity index (χ0) is 20.5. The molecule has 3 N–H and O–H groups in total. The normalized spacial score (nSPS) is 11.0. The van der Waals surface area contributed by atoms with E-state index in [-0.39, 0.29) is 0 Å². The Kier molecular flexibility index (Phi) is 5.54. The maximum Gasteiger partial charge on any atom is 0.314 e. The van der Waals surface area contributed by atoms with Crippen LogP contribution in [0, 0.1) is 6.92 Å². The molecule has 8 heteroatoms. The molecule has 0 aliphatic heterocycles. The van der Waals surface area contributed by atoms with Crippen LogP contribution in [0.25, 0.3) is 22.2 Å². The fourth-order valence-electron chi connectivity index (χ4n) is 2.95. The molecule has 146 valence electrons. The number of fused-ring (bicyclic) bond motifs is 1.